The molecule has 0 aromatic heterocycles. The monoisotopic (exact) mass is 411 g/mol. The summed E-state index contributed by atoms with van der Waals surface area (Å²) in [6, 6.07) is 12.7. The first-order valence-electron chi connectivity index (χ1n) is 11.1. The van der Waals surface area contributed by atoms with Gasteiger partial charge >= 0.3 is 0 Å². The minimum absolute atomic E-state index is 0.00555. The quantitative estimate of drug-likeness (QED) is 0.723. The highest BCUT2D eigenvalue weighted by Crippen LogP contribution is 2.44. The number of halogens is 1. The van der Waals surface area contributed by atoms with Crippen LogP contribution in [0.2, 0.25) is 0 Å². The summed E-state index contributed by atoms with van der Waals surface area (Å²) in [5, 5.41) is 14.4. The number of aliphatic hydroxyl groups is 1. The van der Waals surface area contributed by atoms with Gasteiger partial charge in [-0.15, -0.1) is 0 Å². The fourth-order valence-corrected chi connectivity index (χ4v) is 5.46. The molecule has 1 unspecified atom stereocenters. The predicted octanol–water partition coefficient (Wildman–Crippen LogP) is 3.33. The lowest BCUT2D eigenvalue weighted by Gasteiger charge is -2.50. The first-order chi connectivity index (χ1) is 14.4. The fourth-order valence-electron chi connectivity index (χ4n) is 5.46. The van der Waals surface area contributed by atoms with Crippen molar-refractivity contribution in [3.05, 3.63) is 65.0 Å². The van der Waals surface area contributed by atoms with Crippen molar-refractivity contribution in [1.82, 2.24) is 0 Å². The van der Waals surface area contributed by atoms with Gasteiger partial charge in [0.25, 0.3) is 5.91 Å². The molecule has 160 valence electrons. The minimum atomic E-state index is -0.676. The van der Waals surface area contributed by atoms with Gasteiger partial charge < -0.3 is 15.3 Å². The van der Waals surface area contributed by atoms with Gasteiger partial charge in [-0.1, -0.05) is 37.1 Å². The number of piperidine rings is 1. The molecule has 4 atom stereocenters. The second-order valence-corrected chi connectivity index (χ2v) is 9.19. The number of likely N-dealkylation sites (tertiary alicyclic amines) is 1. The number of hydrogen-bond acceptors (Lipinski definition) is 2. The van der Waals surface area contributed by atoms with Gasteiger partial charge in [-0.2, -0.15) is 0 Å². The maximum absolute atomic E-state index is 13.6. The van der Waals surface area contributed by atoms with Crippen molar-refractivity contribution in [2.75, 3.05) is 18.4 Å². The zero-order chi connectivity index (χ0) is 21.3. The lowest BCUT2D eigenvalue weighted by Crippen LogP contribution is -3.16. The van der Waals surface area contributed by atoms with Crippen molar-refractivity contribution >= 4 is 11.6 Å². The molecule has 3 N–H and O–H groups in total. The van der Waals surface area contributed by atoms with Gasteiger partial charge in [-0.05, 0) is 56.0 Å². The Bertz CT molecular complexity index is 914. The number of hydrogen-bond donors (Lipinski definition) is 3. The van der Waals surface area contributed by atoms with Crippen LogP contribution < -0.4 is 10.2 Å². The van der Waals surface area contributed by atoms with Gasteiger partial charge in [0.2, 0.25) is 0 Å². The number of carbonyl (C=O) groups excluding carboxylic acids is 1. The molecule has 0 radical (unpaired) electrons. The fraction of sp³-hybridized carbons (Fsp3) is 0.480. The van der Waals surface area contributed by atoms with Crippen LogP contribution >= 0.6 is 0 Å². The van der Waals surface area contributed by atoms with Crippen molar-refractivity contribution in [2.45, 2.75) is 57.6 Å². The topological polar surface area (TPSA) is 53.8 Å². The Morgan fingerprint density at radius 1 is 1.17 bits per heavy atom. The van der Waals surface area contributed by atoms with E-state index in [0.717, 1.165) is 59.5 Å². The van der Waals surface area contributed by atoms with Gasteiger partial charge in [0.05, 0.1) is 12.1 Å². The Morgan fingerprint density at radius 2 is 1.93 bits per heavy atom. The lowest BCUT2D eigenvalue weighted by molar-refractivity contribution is -0.937. The van der Waals surface area contributed by atoms with E-state index in [1.54, 1.807) is 0 Å². The highest BCUT2D eigenvalue weighted by atomic mass is 19.1. The van der Waals surface area contributed by atoms with E-state index in [4.69, 9.17) is 0 Å². The van der Waals surface area contributed by atoms with E-state index in [2.05, 4.69) is 5.32 Å². The lowest BCUT2D eigenvalue weighted by atomic mass is 9.66. The summed E-state index contributed by atoms with van der Waals surface area (Å²) < 4.78 is 13.6. The average molecular weight is 412 g/mol. The SMILES string of the molecule is Cc1ccc(C)c(NC(=O)C[NH+]2CC[C@]3(O)CCCC[C@@H]3[C@@H]2c2ccc(F)cc2)c1. The largest absolute Gasteiger partial charge is 0.389 e. The molecule has 0 bridgehead atoms. The number of benzene rings is 2. The Labute approximate surface area is 178 Å². The summed E-state index contributed by atoms with van der Waals surface area (Å²) in [4.78, 5) is 14.1. The first-order valence-corrected chi connectivity index (χ1v) is 11.1. The predicted molar refractivity (Wildman–Crippen MR) is 116 cm³/mol. The summed E-state index contributed by atoms with van der Waals surface area (Å²) in [5.74, 6) is -0.191. The summed E-state index contributed by atoms with van der Waals surface area (Å²) in [6.45, 7) is 5.07. The van der Waals surface area contributed by atoms with Crippen molar-refractivity contribution < 1.29 is 19.2 Å². The van der Waals surface area contributed by atoms with E-state index in [9.17, 15) is 14.3 Å². The van der Waals surface area contributed by atoms with Gasteiger partial charge in [0, 0.05) is 23.6 Å². The van der Waals surface area contributed by atoms with Crippen LogP contribution in [-0.2, 0) is 4.79 Å². The van der Waals surface area contributed by atoms with Crippen LogP contribution in [0, 0.1) is 25.6 Å². The van der Waals surface area contributed by atoms with E-state index in [1.807, 2.05) is 44.2 Å². The van der Waals surface area contributed by atoms with Gasteiger partial charge in [-0.3, -0.25) is 4.79 Å². The van der Waals surface area contributed by atoms with E-state index in [-0.39, 0.29) is 23.7 Å². The third-order valence-electron chi connectivity index (χ3n) is 7.07. The third-order valence-corrected chi connectivity index (χ3v) is 7.07. The number of carbonyl (C=O) groups is 1. The molecule has 2 fully saturated rings. The Hall–Kier alpha value is -2.24. The molecule has 1 saturated carbocycles. The van der Waals surface area contributed by atoms with Gasteiger partial charge in [0.1, 0.15) is 11.9 Å². The number of fused-ring (bicyclic) bond motifs is 1. The summed E-state index contributed by atoms with van der Waals surface area (Å²) in [5.41, 5.74) is 3.33. The molecule has 0 spiro atoms. The smallest absolute Gasteiger partial charge is 0.279 e. The summed E-state index contributed by atoms with van der Waals surface area (Å²) in [6.07, 6.45) is 4.61. The molecule has 2 aliphatic rings. The standard InChI is InChI=1S/C25H31FN2O2/c1-17-6-7-18(2)22(15-17)27-23(29)16-28-14-13-25(30)12-4-3-5-21(25)24(28)19-8-10-20(26)11-9-19/h6-11,15,21,24,30H,3-5,12-14,16H2,1-2H3,(H,27,29)/p+1/t21-,24+,25-/m1/s1. The molecule has 1 saturated heterocycles. The zero-order valence-electron chi connectivity index (χ0n) is 17.9. The molecular formula is C25H32FN2O2+. The molecule has 1 aliphatic carbocycles. The number of amides is 1. The van der Waals surface area contributed by atoms with Crippen molar-refractivity contribution in [3.63, 3.8) is 0 Å². The van der Waals surface area contributed by atoms with Crippen LogP contribution in [0.4, 0.5) is 10.1 Å². The molecule has 1 amide bonds. The third kappa shape index (κ3) is 4.28. The van der Waals surface area contributed by atoms with Crippen molar-refractivity contribution in [1.29, 1.82) is 0 Å². The summed E-state index contributed by atoms with van der Waals surface area (Å²) >= 11 is 0. The number of aryl methyl sites for hydroxylation is 2. The molecule has 4 rings (SSSR count). The van der Waals surface area contributed by atoms with Crippen LogP contribution in [0.15, 0.2) is 42.5 Å². The van der Waals surface area contributed by atoms with E-state index >= 15 is 0 Å². The molecule has 2 aromatic rings. The number of quaternary nitrogens is 1. The number of nitrogens with one attached hydrogen (secondary N) is 2. The maximum Gasteiger partial charge on any atom is 0.279 e. The minimum Gasteiger partial charge on any atom is -0.389 e. The van der Waals surface area contributed by atoms with E-state index < -0.39 is 5.60 Å². The second-order valence-electron chi connectivity index (χ2n) is 9.19. The van der Waals surface area contributed by atoms with E-state index in [0.29, 0.717) is 13.0 Å². The van der Waals surface area contributed by atoms with Crippen LogP contribution in [0.3, 0.4) is 0 Å². The second kappa shape index (κ2) is 8.48. The molecule has 4 nitrogen and oxygen atoms in total. The summed E-state index contributed by atoms with van der Waals surface area (Å²) in [7, 11) is 0. The molecule has 1 aliphatic heterocycles. The molecule has 30 heavy (non-hydrogen) atoms. The Balaban J connectivity index is 1.58. The van der Waals surface area contributed by atoms with Crippen LogP contribution in [0.5, 0.6) is 0 Å². The molecule has 1 heterocycles. The van der Waals surface area contributed by atoms with Crippen LogP contribution in [-0.4, -0.2) is 29.7 Å². The zero-order valence-corrected chi connectivity index (χ0v) is 17.9. The maximum atomic E-state index is 13.6. The van der Waals surface area contributed by atoms with Crippen molar-refractivity contribution in [3.8, 4) is 0 Å². The highest BCUT2D eigenvalue weighted by Gasteiger charge is 2.51. The van der Waals surface area contributed by atoms with Gasteiger partial charge in [0.15, 0.2) is 6.54 Å². The molecule has 5 heteroatoms. The van der Waals surface area contributed by atoms with Crippen LogP contribution in [0.1, 0.15) is 54.8 Å². The van der Waals surface area contributed by atoms with Gasteiger partial charge in [-0.25, -0.2) is 4.39 Å². The normalized spacial score (nSPS) is 28.6. The average Bonchev–Trinajstić information content (AvgIpc) is 2.71. The highest BCUT2D eigenvalue weighted by molar-refractivity contribution is 5.92. The molecular weight excluding hydrogens is 379 g/mol. The first kappa shape index (κ1) is 21.0. The molecule has 2 aromatic carbocycles. The Morgan fingerprint density at radius 3 is 2.70 bits per heavy atom. The number of anilines is 1. The number of rotatable bonds is 4. The van der Waals surface area contributed by atoms with Crippen LogP contribution in [0.25, 0.3) is 0 Å². The van der Waals surface area contributed by atoms with Crippen molar-refractivity contribution in [2.24, 2.45) is 5.92 Å². The Kier molecular flexibility index (Phi) is 5.94. The van der Waals surface area contributed by atoms with E-state index in [1.165, 1.54) is 12.1 Å².